The van der Waals surface area contributed by atoms with Gasteiger partial charge in [0, 0.05) is 5.57 Å². The van der Waals surface area contributed by atoms with Crippen molar-refractivity contribution < 1.29 is 36.2 Å². The van der Waals surface area contributed by atoms with Crippen LogP contribution < -0.4 is 5.32 Å². The van der Waals surface area contributed by atoms with E-state index in [1.54, 1.807) is 12.2 Å². The molecule has 1 aliphatic carbocycles. The van der Waals surface area contributed by atoms with Crippen LogP contribution in [0.5, 0.6) is 0 Å². The Hall–Kier alpha value is -1.88. The first-order valence-corrected chi connectivity index (χ1v) is 11.8. The Balaban J connectivity index is 2.38. The first-order chi connectivity index (χ1) is 14.7. The van der Waals surface area contributed by atoms with E-state index in [9.17, 15) is 31.5 Å². The second-order valence-electron chi connectivity index (χ2n) is 9.69. The highest BCUT2D eigenvalue weighted by Crippen LogP contribution is 2.45. The summed E-state index contributed by atoms with van der Waals surface area (Å²) in [6.07, 6.45) is 3.28. The molecule has 6 nitrogen and oxygen atoms in total. The number of sulfone groups is 1. The molecule has 0 saturated carbocycles. The average molecular weight is 510 g/mol. The first-order valence-electron chi connectivity index (χ1n) is 9.93. The number of ether oxygens (including phenoxy) is 1. The Labute approximate surface area is 196 Å². The lowest BCUT2D eigenvalue weighted by Crippen LogP contribution is -2.58. The van der Waals surface area contributed by atoms with Gasteiger partial charge in [0.25, 0.3) is 15.7 Å². The Morgan fingerprint density at radius 3 is 2.18 bits per heavy atom. The molecule has 2 unspecified atom stereocenters. The summed E-state index contributed by atoms with van der Waals surface area (Å²) in [4.78, 5) is 11.9. The molecule has 0 saturated heterocycles. The van der Waals surface area contributed by atoms with Gasteiger partial charge in [-0.2, -0.15) is 13.2 Å². The summed E-state index contributed by atoms with van der Waals surface area (Å²) in [7, 11) is -5.60. The van der Waals surface area contributed by atoms with Crippen LogP contribution in [0.1, 0.15) is 41.5 Å². The van der Waals surface area contributed by atoms with Crippen LogP contribution in [0.15, 0.2) is 46.9 Å². The fourth-order valence-corrected chi connectivity index (χ4v) is 4.49. The van der Waals surface area contributed by atoms with Gasteiger partial charge in [0.05, 0.1) is 21.2 Å². The van der Waals surface area contributed by atoms with Gasteiger partial charge in [0.15, 0.2) is 0 Å². The molecule has 1 aliphatic rings. The molecule has 0 fully saturated rings. The molecular weight excluding hydrogens is 483 g/mol. The van der Waals surface area contributed by atoms with E-state index in [2.05, 4.69) is 5.32 Å². The molecule has 0 spiro atoms. The predicted molar refractivity (Wildman–Crippen MR) is 120 cm³/mol. The number of aliphatic hydroxyl groups excluding tert-OH is 1. The number of rotatable bonds is 4. The van der Waals surface area contributed by atoms with Crippen LogP contribution in [0.2, 0.25) is 5.02 Å². The van der Waals surface area contributed by atoms with Gasteiger partial charge in [-0.25, -0.2) is 8.42 Å². The van der Waals surface area contributed by atoms with E-state index in [0.29, 0.717) is 12.1 Å². The molecule has 0 heterocycles. The number of aliphatic hydroxyl groups is 1. The highest BCUT2D eigenvalue weighted by molar-refractivity contribution is 7.92. The minimum Gasteiger partial charge on any atom is -0.385 e. The highest BCUT2D eigenvalue weighted by atomic mass is 35.5. The van der Waals surface area contributed by atoms with Crippen molar-refractivity contribution >= 4 is 33.0 Å². The lowest BCUT2D eigenvalue weighted by molar-refractivity contribution is -0.195. The van der Waals surface area contributed by atoms with Gasteiger partial charge in [-0.3, -0.25) is 4.79 Å². The zero-order valence-electron chi connectivity index (χ0n) is 19.0. The molecule has 2 rings (SSSR count). The molecule has 11 heteroatoms. The minimum absolute atomic E-state index is 0.0558. The second kappa shape index (κ2) is 8.72. The third-order valence-corrected chi connectivity index (χ3v) is 6.83. The van der Waals surface area contributed by atoms with Crippen molar-refractivity contribution in [3.63, 3.8) is 0 Å². The molecule has 0 radical (unpaired) electrons. The monoisotopic (exact) mass is 509 g/mol. The molecule has 0 aliphatic heterocycles. The summed E-state index contributed by atoms with van der Waals surface area (Å²) in [6, 6.07) is 2.25. The lowest BCUT2D eigenvalue weighted by atomic mass is 9.68. The Bertz CT molecular complexity index is 1100. The fraction of sp³-hybridized carbons (Fsp3) is 0.500. The van der Waals surface area contributed by atoms with Gasteiger partial charge < -0.3 is 15.2 Å². The van der Waals surface area contributed by atoms with Crippen LogP contribution in [0, 0.1) is 5.41 Å². The number of anilines is 1. The van der Waals surface area contributed by atoms with Crippen molar-refractivity contribution in [2.24, 2.45) is 5.41 Å². The number of halogens is 4. The number of nitrogens with one attached hydrogen (secondary N) is 1. The van der Waals surface area contributed by atoms with E-state index in [1.165, 1.54) is 6.08 Å². The SMILES string of the molecule is CC(C)(C)OC1(C(C)(C)C)C=CC=C(C(=O)Nc2ccc(S(=O)(=O)C(F)(F)F)cc2Cl)C1O. The van der Waals surface area contributed by atoms with Crippen LogP contribution in [0.25, 0.3) is 0 Å². The molecule has 2 N–H and O–H groups in total. The van der Waals surface area contributed by atoms with Crippen LogP contribution >= 0.6 is 11.6 Å². The molecule has 33 heavy (non-hydrogen) atoms. The van der Waals surface area contributed by atoms with Crippen molar-refractivity contribution in [2.75, 3.05) is 5.32 Å². The van der Waals surface area contributed by atoms with Crippen LogP contribution in [0.4, 0.5) is 18.9 Å². The molecule has 0 aromatic heterocycles. The molecule has 1 amide bonds. The van der Waals surface area contributed by atoms with E-state index in [-0.39, 0.29) is 11.3 Å². The number of amides is 1. The summed E-state index contributed by atoms with van der Waals surface area (Å²) in [5.74, 6) is -0.772. The number of carbonyl (C=O) groups is 1. The minimum atomic E-state index is -5.60. The zero-order valence-corrected chi connectivity index (χ0v) is 20.6. The fourth-order valence-electron chi connectivity index (χ4n) is 3.41. The summed E-state index contributed by atoms with van der Waals surface area (Å²) in [6.45, 7) is 11.0. The van der Waals surface area contributed by atoms with Gasteiger partial charge >= 0.3 is 5.51 Å². The van der Waals surface area contributed by atoms with E-state index in [4.69, 9.17) is 16.3 Å². The maximum Gasteiger partial charge on any atom is 0.501 e. The van der Waals surface area contributed by atoms with E-state index in [0.717, 1.165) is 6.07 Å². The normalized spacial score (nSPS) is 22.2. The maximum absolute atomic E-state index is 13.0. The first kappa shape index (κ1) is 27.4. The van der Waals surface area contributed by atoms with Gasteiger partial charge in [-0.15, -0.1) is 0 Å². The number of hydrogen-bond donors (Lipinski definition) is 2. The Kier molecular flexibility index (Phi) is 7.23. The standard InChI is InChI=1S/C22H27ClF3NO5S/c1-19(2,3)21(32-20(4,5)6)11-7-8-14(17(21)28)18(29)27-16-10-9-13(12-15(16)23)33(30,31)22(24,25)26/h7-12,17,28H,1-6H3,(H,27,29). The molecule has 2 atom stereocenters. The molecular formula is C22H27ClF3NO5S. The molecule has 1 aromatic carbocycles. The maximum atomic E-state index is 13.0. The Morgan fingerprint density at radius 2 is 1.73 bits per heavy atom. The van der Waals surface area contributed by atoms with Crippen molar-refractivity contribution in [1.82, 2.24) is 0 Å². The lowest BCUT2D eigenvalue weighted by Gasteiger charge is -2.50. The summed E-state index contributed by atoms with van der Waals surface area (Å²) >= 11 is 5.95. The summed E-state index contributed by atoms with van der Waals surface area (Å²) < 4.78 is 67.7. The topological polar surface area (TPSA) is 92.7 Å². The van der Waals surface area contributed by atoms with Crippen LogP contribution in [-0.4, -0.2) is 42.2 Å². The largest absolute Gasteiger partial charge is 0.501 e. The molecule has 184 valence electrons. The summed E-state index contributed by atoms with van der Waals surface area (Å²) in [5, 5.41) is 13.2. The smallest absolute Gasteiger partial charge is 0.385 e. The number of benzene rings is 1. The van der Waals surface area contributed by atoms with Gasteiger partial charge in [-0.05, 0) is 50.5 Å². The highest BCUT2D eigenvalue weighted by Gasteiger charge is 2.52. The van der Waals surface area contributed by atoms with Crippen molar-refractivity contribution in [1.29, 1.82) is 0 Å². The van der Waals surface area contributed by atoms with Gasteiger partial charge in [-0.1, -0.05) is 44.5 Å². The van der Waals surface area contributed by atoms with Crippen molar-refractivity contribution in [2.45, 2.75) is 69.3 Å². The second-order valence-corrected chi connectivity index (χ2v) is 12.0. The third-order valence-electron chi connectivity index (χ3n) is 5.03. The average Bonchev–Trinajstić information content (AvgIpc) is 2.62. The number of carbonyl (C=O) groups excluding carboxylic acids is 1. The Morgan fingerprint density at radius 1 is 1.15 bits per heavy atom. The van der Waals surface area contributed by atoms with Crippen molar-refractivity contribution in [3.8, 4) is 0 Å². The van der Waals surface area contributed by atoms with Gasteiger partial charge in [0.2, 0.25) is 0 Å². The van der Waals surface area contributed by atoms with Gasteiger partial charge in [0.1, 0.15) is 11.7 Å². The third kappa shape index (κ3) is 5.45. The zero-order chi connectivity index (χ0) is 25.6. The van der Waals surface area contributed by atoms with E-state index >= 15 is 0 Å². The molecule has 0 bridgehead atoms. The number of allylic oxidation sites excluding steroid dienone is 2. The number of alkyl halides is 3. The molecule has 1 aromatic rings. The van der Waals surface area contributed by atoms with E-state index < -0.39 is 53.9 Å². The van der Waals surface area contributed by atoms with Crippen LogP contribution in [0.3, 0.4) is 0 Å². The van der Waals surface area contributed by atoms with Crippen molar-refractivity contribution in [3.05, 3.63) is 47.0 Å². The van der Waals surface area contributed by atoms with Crippen LogP contribution in [-0.2, 0) is 19.4 Å². The van der Waals surface area contributed by atoms with E-state index in [1.807, 2.05) is 41.5 Å². The predicted octanol–water partition coefficient (Wildman–Crippen LogP) is 5.03. The quantitative estimate of drug-likeness (QED) is 0.594. The number of hydrogen-bond acceptors (Lipinski definition) is 5. The summed E-state index contributed by atoms with van der Waals surface area (Å²) in [5.41, 5.74) is -8.24.